The molecule has 0 spiro atoms. The number of halogens is 2. The number of amides is 1. The largest absolute Gasteiger partial charge is 0.268 e. The van der Waals surface area contributed by atoms with E-state index in [-0.39, 0.29) is 5.56 Å². The number of hydrogen-bond donors (Lipinski definition) is 1. The van der Waals surface area contributed by atoms with Gasteiger partial charge in [0.2, 0.25) is 10.0 Å². The first kappa shape index (κ1) is 15.1. The second kappa shape index (κ2) is 5.79. The Bertz CT molecular complexity index is 557. The van der Waals surface area contributed by atoms with Gasteiger partial charge < -0.3 is 0 Å². The van der Waals surface area contributed by atoms with Crippen molar-refractivity contribution in [1.29, 1.82) is 0 Å². The van der Waals surface area contributed by atoms with Crippen LogP contribution in [0.3, 0.4) is 0 Å². The maximum atomic E-state index is 13.6. The molecule has 1 aromatic rings. The van der Waals surface area contributed by atoms with Gasteiger partial charge in [0.15, 0.2) is 0 Å². The Labute approximate surface area is 114 Å². The summed E-state index contributed by atoms with van der Waals surface area (Å²) in [4.78, 5) is 11.6. The maximum Gasteiger partial charge on any atom is 0.267 e. The molecule has 0 heterocycles. The Kier molecular flexibility index (Phi) is 4.86. The zero-order valence-electron chi connectivity index (χ0n) is 9.91. The molecule has 0 saturated carbocycles. The molecule has 0 atom stereocenters. The van der Waals surface area contributed by atoms with E-state index in [1.165, 1.54) is 26.0 Å². The van der Waals surface area contributed by atoms with E-state index in [1.54, 1.807) is 6.07 Å². The first-order valence-corrected chi connectivity index (χ1v) is 7.85. The maximum absolute atomic E-state index is 13.6. The first-order valence-electron chi connectivity index (χ1n) is 5.18. The van der Waals surface area contributed by atoms with Crippen LogP contribution in [0.1, 0.15) is 29.8 Å². The highest BCUT2D eigenvalue weighted by atomic mass is 79.9. The summed E-state index contributed by atoms with van der Waals surface area (Å²) in [5, 5.41) is -0.304. The molecule has 0 aliphatic carbocycles. The number of hydrogen-bond acceptors (Lipinski definition) is 3. The Morgan fingerprint density at radius 1 is 1.44 bits per heavy atom. The molecule has 7 heteroatoms. The zero-order chi connectivity index (χ0) is 13.9. The molecule has 0 aromatic heterocycles. The number of carbonyl (C=O) groups excluding carboxylic acids is 1. The molecule has 100 valence electrons. The highest BCUT2D eigenvalue weighted by Crippen LogP contribution is 2.13. The topological polar surface area (TPSA) is 63.2 Å². The number of benzene rings is 1. The van der Waals surface area contributed by atoms with Gasteiger partial charge in [-0.3, -0.25) is 4.79 Å². The van der Waals surface area contributed by atoms with E-state index < -0.39 is 27.0 Å². The smallest absolute Gasteiger partial charge is 0.267 e. The molecule has 1 amide bonds. The number of alkyl halides is 1. The standard InChI is InChI=1S/C11H13BrFNO3S/c1-7(2)18(16,17)14-11(15)9-4-3-8(6-12)5-10(9)13/h3-5,7H,6H2,1-2H3,(H,14,15). The highest BCUT2D eigenvalue weighted by molar-refractivity contribution is 9.08. The molecule has 0 saturated heterocycles. The van der Waals surface area contributed by atoms with Gasteiger partial charge in [-0.1, -0.05) is 22.0 Å². The fourth-order valence-corrected chi connectivity index (χ4v) is 2.08. The average molecular weight is 338 g/mol. The predicted octanol–water partition coefficient (Wildman–Crippen LogP) is 2.19. The van der Waals surface area contributed by atoms with E-state index in [1.807, 2.05) is 4.72 Å². The Balaban J connectivity index is 2.99. The highest BCUT2D eigenvalue weighted by Gasteiger charge is 2.21. The van der Waals surface area contributed by atoms with Crippen LogP contribution in [0, 0.1) is 5.82 Å². The van der Waals surface area contributed by atoms with Crippen LogP contribution >= 0.6 is 15.9 Å². The molecule has 0 aliphatic heterocycles. The molecule has 4 nitrogen and oxygen atoms in total. The predicted molar refractivity (Wildman–Crippen MR) is 70.6 cm³/mol. The van der Waals surface area contributed by atoms with E-state index >= 15 is 0 Å². The lowest BCUT2D eigenvalue weighted by molar-refractivity contribution is 0.0977. The summed E-state index contributed by atoms with van der Waals surface area (Å²) in [6.45, 7) is 2.86. The summed E-state index contributed by atoms with van der Waals surface area (Å²) in [6, 6.07) is 4.00. The van der Waals surface area contributed by atoms with Crippen LogP contribution in [-0.2, 0) is 15.4 Å². The molecular weight excluding hydrogens is 325 g/mol. The van der Waals surface area contributed by atoms with Gasteiger partial charge in [0, 0.05) is 5.33 Å². The molecular formula is C11H13BrFNO3S. The Morgan fingerprint density at radius 3 is 2.50 bits per heavy atom. The van der Waals surface area contributed by atoms with E-state index in [0.29, 0.717) is 10.9 Å². The monoisotopic (exact) mass is 337 g/mol. The third kappa shape index (κ3) is 3.52. The van der Waals surface area contributed by atoms with Gasteiger partial charge >= 0.3 is 0 Å². The second-order valence-corrected chi connectivity index (χ2v) is 6.77. The van der Waals surface area contributed by atoms with Gasteiger partial charge in [-0.25, -0.2) is 17.5 Å². The average Bonchev–Trinajstić information content (AvgIpc) is 2.27. The quantitative estimate of drug-likeness (QED) is 0.856. The molecule has 0 radical (unpaired) electrons. The Morgan fingerprint density at radius 2 is 2.06 bits per heavy atom. The Hall–Kier alpha value is -0.950. The summed E-state index contributed by atoms with van der Waals surface area (Å²) in [5.41, 5.74) is 0.375. The first-order chi connectivity index (χ1) is 8.27. The van der Waals surface area contributed by atoms with Gasteiger partial charge in [-0.15, -0.1) is 0 Å². The van der Waals surface area contributed by atoms with Crippen molar-refractivity contribution < 1.29 is 17.6 Å². The molecule has 1 N–H and O–H groups in total. The van der Waals surface area contributed by atoms with Crippen molar-refractivity contribution in [2.75, 3.05) is 0 Å². The second-order valence-electron chi connectivity index (χ2n) is 3.97. The van der Waals surface area contributed by atoms with Crippen LogP contribution in [0.15, 0.2) is 18.2 Å². The lowest BCUT2D eigenvalue weighted by Gasteiger charge is -2.10. The summed E-state index contributed by atoms with van der Waals surface area (Å²) >= 11 is 3.16. The molecule has 1 rings (SSSR count). The summed E-state index contributed by atoms with van der Waals surface area (Å²) in [5.74, 6) is -1.70. The van der Waals surface area contributed by atoms with Crippen molar-refractivity contribution >= 4 is 31.9 Å². The van der Waals surface area contributed by atoms with Gasteiger partial charge in [0.1, 0.15) is 5.82 Å². The molecule has 0 aliphatic rings. The lowest BCUT2D eigenvalue weighted by Crippen LogP contribution is -2.36. The van der Waals surface area contributed by atoms with Crippen molar-refractivity contribution in [3.63, 3.8) is 0 Å². The lowest BCUT2D eigenvalue weighted by atomic mass is 10.1. The summed E-state index contributed by atoms with van der Waals surface area (Å²) < 4.78 is 38.4. The van der Waals surface area contributed by atoms with Crippen LogP contribution in [0.4, 0.5) is 4.39 Å². The number of carbonyl (C=O) groups is 1. The van der Waals surface area contributed by atoms with Gasteiger partial charge in [0.25, 0.3) is 5.91 Å². The van der Waals surface area contributed by atoms with E-state index in [4.69, 9.17) is 0 Å². The fraction of sp³-hybridized carbons (Fsp3) is 0.364. The van der Waals surface area contributed by atoms with Crippen molar-refractivity contribution in [2.24, 2.45) is 0 Å². The SMILES string of the molecule is CC(C)S(=O)(=O)NC(=O)c1ccc(CBr)cc1F. The van der Waals surface area contributed by atoms with Crippen LogP contribution in [0.2, 0.25) is 0 Å². The minimum atomic E-state index is -3.75. The van der Waals surface area contributed by atoms with Gasteiger partial charge in [-0.05, 0) is 31.5 Å². The van der Waals surface area contributed by atoms with E-state index in [9.17, 15) is 17.6 Å². The third-order valence-electron chi connectivity index (χ3n) is 2.29. The normalized spacial score (nSPS) is 11.6. The number of nitrogens with one attached hydrogen (secondary N) is 1. The van der Waals surface area contributed by atoms with Crippen molar-refractivity contribution in [1.82, 2.24) is 4.72 Å². The van der Waals surface area contributed by atoms with Crippen molar-refractivity contribution in [3.05, 3.63) is 35.1 Å². The fourth-order valence-electron chi connectivity index (χ4n) is 1.13. The molecule has 0 fully saturated rings. The van der Waals surface area contributed by atoms with Crippen LogP contribution < -0.4 is 4.72 Å². The van der Waals surface area contributed by atoms with Crippen molar-refractivity contribution in [3.8, 4) is 0 Å². The zero-order valence-corrected chi connectivity index (χ0v) is 12.3. The molecule has 1 aromatic carbocycles. The van der Waals surface area contributed by atoms with E-state index in [0.717, 1.165) is 0 Å². The van der Waals surface area contributed by atoms with Gasteiger partial charge in [-0.2, -0.15) is 0 Å². The summed E-state index contributed by atoms with van der Waals surface area (Å²) in [7, 11) is -3.75. The third-order valence-corrected chi connectivity index (χ3v) is 4.65. The van der Waals surface area contributed by atoms with Crippen LogP contribution in [0.25, 0.3) is 0 Å². The number of sulfonamides is 1. The van der Waals surface area contributed by atoms with E-state index in [2.05, 4.69) is 15.9 Å². The minimum absolute atomic E-state index is 0.288. The molecule has 0 unspecified atom stereocenters. The van der Waals surface area contributed by atoms with Crippen LogP contribution in [0.5, 0.6) is 0 Å². The van der Waals surface area contributed by atoms with Crippen molar-refractivity contribution in [2.45, 2.75) is 24.4 Å². The molecule has 0 bridgehead atoms. The van der Waals surface area contributed by atoms with Gasteiger partial charge in [0.05, 0.1) is 10.8 Å². The molecule has 18 heavy (non-hydrogen) atoms. The minimum Gasteiger partial charge on any atom is -0.268 e. The number of rotatable bonds is 4. The summed E-state index contributed by atoms with van der Waals surface area (Å²) in [6.07, 6.45) is 0. The van der Waals surface area contributed by atoms with Crippen LogP contribution in [-0.4, -0.2) is 19.6 Å².